The van der Waals surface area contributed by atoms with Gasteiger partial charge in [-0.3, -0.25) is 0 Å². The van der Waals surface area contributed by atoms with E-state index in [0.29, 0.717) is 0 Å². The molecule has 104 valence electrons. The van der Waals surface area contributed by atoms with E-state index in [1.54, 1.807) is 0 Å². The van der Waals surface area contributed by atoms with Crippen LogP contribution in [0.25, 0.3) is 0 Å². The van der Waals surface area contributed by atoms with Crippen molar-refractivity contribution in [2.45, 2.75) is 11.0 Å². The lowest BCUT2D eigenvalue weighted by molar-refractivity contribution is -0.0418. The smallest absolute Gasteiger partial charge is 0.202 e. The van der Waals surface area contributed by atoms with Crippen LogP contribution < -0.4 is 0 Å². The summed E-state index contributed by atoms with van der Waals surface area (Å²) in [5.74, 6) is 0. The molecule has 0 rings (SSSR count). The molecule has 17 heavy (non-hydrogen) atoms. The summed E-state index contributed by atoms with van der Waals surface area (Å²) in [6, 6.07) is 0. The molecule has 0 aromatic heterocycles. The van der Waals surface area contributed by atoms with E-state index in [0.717, 1.165) is 0 Å². The van der Waals surface area contributed by atoms with Crippen LogP contribution in [0.3, 0.4) is 0 Å². The summed E-state index contributed by atoms with van der Waals surface area (Å²) in [6.07, 6.45) is 0. The van der Waals surface area contributed by atoms with Crippen LogP contribution in [0.5, 0.6) is 0 Å². The molecular formula is C2F6O6S3. The van der Waals surface area contributed by atoms with E-state index < -0.39 is 36.7 Å². The van der Waals surface area contributed by atoms with Gasteiger partial charge in [0.05, 0.1) is 0 Å². The Morgan fingerprint density at radius 3 is 0.824 bits per heavy atom. The van der Waals surface area contributed by atoms with Gasteiger partial charge in [-0.15, -0.1) is 0 Å². The average Bonchev–Trinajstić information content (AvgIpc) is 1.98. The molecule has 0 saturated carbocycles. The molecule has 0 aromatic rings. The topological polar surface area (TPSA) is 102 Å². The van der Waals surface area contributed by atoms with E-state index in [9.17, 15) is 51.6 Å². The van der Waals surface area contributed by atoms with Crippen LogP contribution >= 0.6 is 0 Å². The van der Waals surface area contributed by atoms with Crippen molar-refractivity contribution in [2.75, 3.05) is 0 Å². The minimum atomic E-state index is -7.56. The van der Waals surface area contributed by atoms with Crippen molar-refractivity contribution < 1.29 is 51.6 Å². The van der Waals surface area contributed by atoms with Gasteiger partial charge in [0, 0.05) is 0 Å². The zero-order valence-electron chi connectivity index (χ0n) is 6.94. The van der Waals surface area contributed by atoms with E-state index in [-0.39, 0.29) is 0 Å². The van der Waals surface area contributed by atoms with Gasteiger partial charge in [-0.2, -0.15) is 34.8 Å². The van der Waals surface area contributed by atoms with Crippen LogP contribution in [0.4, 0.5) is 26.3 Å². The fourth-order valence-corrected chi connectivity index (χ4v) is 6.66. The number of hydrogen-bond acceptors (Lipinski definition) is 6. The average molecular weight is 330 g/mol. The summed E-state index contributed by atoms with van der Waals surface area (Å²) >= 11 is 0. The van der Waals surface area contributed by atoms with Gasteiger partial charge in [-0.1, -0.05) is 0 Å². The summed E-state index contributed by atoms with van der Waals surface area (Å²) in [4.78, 5) is 0. The standard InChI is InChI=1S/C2F6O6S3/c3-1(4,5)15(9,10)17(13,14)16(11,12)2(6,7)8. The second-order valence-electron chi connectivity index (χ2n) is 2.21. The van der Waals surface area contributed by atoms with Crippen molar-refractivity contribution in [2.24, 2.45) is 0 Å². The third-order valence-electron chi connectivity index (χ3n) is 1.10. The first kappa shape index (κ1) is 16.4. The summed E-state index contributed by atoms with van der Waals surface area (Å²) in [7, 11) is -22.7. The number of hydrogen-bond donors (Lipinski definition) is 0. The molecule has 0 aliphatic carbocycles. The van der Waals surface area contributed by atoms with Crippen LogP contribution in [0, 0.1) is 0 Å². The Bertz CT molecular complexity index is 550. The highest BCUT2D eigenvalue weighted by molar-refractivity contribution is 8.99. The Kier molecular flexibility index (Phi) is 3.59. The summed E-state index contributed by atoms with van der Waals surface area (Å²) in [5.41, 5.74) is -13.4. The van der Waals surface area contributed by atoms with E-state index >= 15 is 0 Å². The molecule has 0 aliphatic heterocycles. The van der Waals surface area contributed by atoms with Gasteiger partial charge in [-0.05, 0) is 0 Å². The Hall–Kier alpha value is -0.570. The molecule has 0 unspecified atom stereocenters. The predicted molar refractivity (Wildman–Crippen MR) is 38.9 cm³/mol. The number of rotatable bonds is 2. The van der Waals surface area contributed by atoms with Crippen LogP contribution in [0.1, 0.15) is 0 Å². The minimum Gasteiger partial charge on any atom is -0.202 e. The molecule has 0 N–H and O–H groups in total. The van der Waals surface area contributed by atoms with Crippen LogP contribution in [0.15, 0.2) is 0 Å². The Balaban J connectivity index is 6.37. The van der Waals surface area contributed by atoms with Crippen molar-refractivity contribution in [3.8, 4) is 0 Å². The number of alkyl halides is 6. The summed E-state index contributed by atoms with van der Waals surface area (Å²) in [6.45, 7) is 0. The molecule has 0 radical (unpaired) electrons. The van der Waals surface area contributed by atoms with Gasteiger partial charge in [0.1, 0.15) is 0 Å². The molecular weight excluding hydrogens is 330 g/mol. The molecule has 0 heterocycles. The van der Waals surface area contributed by atoms with Gasteiger partial charge >= 0.3 is 36.7 Å². The highest BCUT2D eigenvalue weighted by Gasteiger charge is 2.67. The predicted octanol–water partition coefficient (Wildman–Crippen LogP) is 0.100. The minimum absolute atomic E-state index is 6.69. The fourth-order valence-electron chi connectivity index (χ4n) is 0.349. The van der Waals surface area contributed by atoms with Gasteiger partial charge in [0.15, 0.2) is 0 Å². The van der Waals surface area contributed by atoms with E-state index in [1.165, 1.54) is 0 Å². The van der Waals surface area contributed by atoms with Gasteiger partial charge in [-0.25, -0.2) is 16.8 Å². The van der Waals surface area contributed by atoms with Crippen LogP contribution in [-0.2, 0) is 25.6 Å². The zero-order chi connectivity index (χ0) is 14.5. The molecule has 15 heteroatoms. The molecule has 0 atom stereocenters. The quantitative estimate of drug-likeness (QED) is 0.526. The normalized spacial score (nSPS) is 15.9. The highest BCUT2D eigenvalue weighted by Crippen LogP contribution is 2.37. The SMILES string of the molecule is O=S(=O)(C(F)(F)F)S(=O)(=O)S(=O)(=O)C(F)(F)F. The van der Waals surface area contributed by atoms with E-state index in [1.807, 2.05) is 0 Å². The van der Waals surface area contributed by atoms with E-state index in [2.05, 4.69) is 0 Å². The highest BCUT2D eigenvalue weighted by atomic mass is 33.6. The first-order valence-corrected chi connectivity index (χ1v) is 8.36. The Labute approximate surface area is 88.8 Å². The molecule has 0 aliphatic rings. The Morgan fingerprint density at radius 1 is 0.529 bits per heavy atom. The molecule has 0 bridgehead atoms. The largest absolute Gasteiger partial charge is 0.513 e. The van der Waals surface area contributed by atoms with E-state index in [4.69, 9.17) is 0 Å². The first-order chi connectivity index (χ1) is 7.00. The molecule has 0 spiro atoms. The van der Waals surface area contributed by atoms with Crippen molar-refractivity contribution in [1.82, 2.24) is 0 Å². The van der Waals surface area contributed by atoms with Gasteiger partial charge in [0.25, 0.3) is 0 Å². The summed E-state index contributed by atoms with van der Waals surface area (Å²) < 4.78 is 131. The molecule has 0 saturated heterocycles. The molecule has 6 nitrogen and oxygen atoms in total. The van der Waals surface area contributed by atoms with Crippen molar-refractivity contribution in [1.29, 1.82) is 0 Å². The lowest BCUT2D eigenvalue weighted by Crippen LogP contribution is -2.40. The first-order valence-electron chi connectivity index (χ1n) is 2.88. The van der Waals surface area contributed by atoms with Crippen LogP contribution in [-0.4, -0.2) is 36.3 Å². The Morgan fingerprint density at radius 2 is 0.706 bits per heavy atom. The van der Waals surface area contributed by atoms with Crippen molar-refractivity contribution in [3.05, 3.63) is 0 Å². The van der Waals surface area contributed by atoms with Gasteiger partial charge in [0.2, 0.25) is 0 Å². The summed E-state index contributed by atoms with van der Waals surface area (Å²) in [5, 5.41) is 0. The lowest BCUT2D eigenvalue weighted by Gasteiger charge is -2.10. The molecule has 0 fully saturated rings. The third kappa shape index (κ3) is 2.22. The fraction of sp³-hybridized carbons (Fsp3) is 1.00. The van der Waals surface area contributed by atoms with Crippen LogP contribution in [0.2, 0.25) is 0 Å². The maximum Gasteiger partial charge on any atom is 0.513 e. The monoisotopic (exact) mass is 330 g/mol. The third-order valence-corrected chi connectivity index (χ3v) is 10.9. The van der Waals surface area contributed by atoms with Gasteiger partial charge < -0.3 is 0 Å². The number of halogens is 6. The van der Waals surface area contributed by atoms with Crippen molar-refractivity contribution in [3.63, 3.8) is 0 Å². The van der Waals surface area contributed by atoms with Crippen molar-refractivity contribution >= 4 is 25.6 Å². The second kappa shape index (κ2) is 3.71. The zero-order valence-corrected chi connectivity index (χ0v) is 9.39. The molecule has 0 amide bonds. The maximum atomic E-state index is 11.6. The lowest BCUT2D eigenvalue weighted by atomic mass is 11.6. The maximum absolute atomic E-state index is 11.6. The second-order valence-corrected chi connectivity index (χ2v) is 11.7. The molecule has 0 aromatic carbocycles.